The summed E-state index contributed by atoms with van der Waals surface area (Å²) in [6.45, 7) is 3.79. The van der Waals surface area contributed by atoms with Crippen molar-refractivity contribution >= 4 is 16.8 Å². The predicted molar refractivity (Wildman–Crippen MR) is 100 cm³/mol. The van der Waals surface area contributed by atoms with Crippen LogP contribution >= 0.6 is 0 Å². The Bertz CT molecular complexity index is 686. The van der Waals surface area contributed by atoms with Gasteiger partial charge in [-0.05, 0) is 30.5 Å². The summed E-state index contributed by atoms with van der Waals surface area (Å²) in [5, 5.41) is 5.72. The first-order valence-corrected chi connectivity index (χ1v) is 9.71. The van der Waals surface area contributed by atoms with Gasteiger partial charge >= 0.3 is 6.03 Å². The fourth-order valence-electron chi connectivity index (χ4n) is 2.53. The Hall–Kier alpha value is -2.14. The lowest BCUT2D eigenvalue weighted by Gasteiger charge is -2.18. The topological polar surface area (TPSA) is 58.2 Å². The van der Waals surface area contributed by atoms with Gasteiger partial charge in [0.15, 0.2) is 0 Å². The first-order valence-electron chi connectivity index (χ1n) is 7.98. The lowest BCUT2D eigenvalue weighted by atomic mass is 10.0. The summed E-state index contributed by atoms with van der Waals surface area (Å²) in [6.07, 6.45) is 1.63. The molecule has 5 heteroatoms. The Morgan fingerprint density at radius 2 is 1.54 bits per heavy atom. The van der Waals surface area contributed by atoms with E-state index in [-0.39, 0.29) is 18.1 Å². The molecule has 4 nitrogen and oxygen atoms in total. The van der Waals surface area contributed by atoms with Gasteiger partial charge in [0.2, 0.25) is 0 Å². The summed E-state index contributed by atoms with van der Waals surface area (Å²) < 4.78 is 11.2. The van der Waals surface area contributed by atoms with Crippen LogP contribution in [-0.4, -0.2) is 28.3 Å². The zero-order valence-electron chi connectivity index (χ0n) is 14.3. The van der Waals surface area contributed by atoms with Crippen molar-refractivity contribution in [2.45, 2.75) is 25.9 Å². The van der Waals surface area contributed by atoms with Gasteiger partial charge in [-0.25, -0.2) is 4.79 Å². The predicted octanol–water partition coefficient (Wildman–Crippen LogP) is 3.48. The molecule has 2 rings (SSSR count). The van der Waals surface area contributed by atoms with Crippen LogP contribution in [0.4, 0.5) is 4.79 Å². The fraction of sp³-hybridized carbons (Fsp3) is 0.316. The molecule has 0 saturated heterocycles. The average molecular weight is 344 g/mol. The van der Waals surface area contributed by atoms with E-state index >= 15 is 0 Å². The van der Waals surface area contributed by atoms with Crippen molar-refractivity contribution in [2.24, 2.45) is 0 Å². The lowest BCUT2D eigenvalue weighted by molar-refractivity contribution is 0.235. The third-order valence-electron chi connectivity index (χ3n) is 3.73. The maximum atomic E-state index is 12.0. The lowest BCUT2D eigenvalue weighted by Crippen LogP contribution is -2.43. The normalized spacial score (nSPS) is 14.5. The summed E-state index contributed by atoms with van der Waals surface area (Å²) in [6, 6.07) is 17.9. The summed E-state index contributed by atoms with van der Waals surface area (Å²) in [4.78, 5) is 12.0. The van der Waals surface area contributed by atoms with Crippen molar-refractivity contribution in [3.63, 3.8) is 0 Å². The molecular weight excluding hydrogens is 320 g/mol. The van der Waals surface area contributed by atoms with Crippen LogP contribution in [0.5, 0.6) is 0 Å². The molecule has 0 aliphatic rings. The molecule has 0 bridgehead atoms. The molecule has 3 atom stereocenters. The SMILES string of the molecule is CC(CS(C)=O)NC(=O)NC(C)c1ccc(-c2ccccc2)cc1. The van der Waals surface area contributed by atoms with Gasteiger partial charge in [0.1, 0.15) is 0 Å². The van der Waals surface area contributed by atoms with E-state index in [0.29, 0.717) is 5.75 Å². The van der Waals surface area contributed by atoms with Gasteiger partial charge in [-0.2, -0.15) is 0 Å². The van der Waals surface area contributed by atoms with E-state index in [9.17, 15) is 9.00 Å². The minimum Gasteiger partial charge on any atom is -0.335 e. The summed E-state index contributed by atoms with van der Waals surface area (Å²) in [5.74, 6) is 0.452. The van der Waals surface area contributed by atoms with Crippen LogP contribution in [0, 0.1) is 0 Å². The van der Waals surface area contributed by atoms with Crippen LogP contribution < -0.4 is 10.6 Å². The minimum absolute atomic E-state index is 0.103. The monoisotopic (exact) mass is 344 g/mol. The number of benzene rings is 2. The second kappa shape index (κ2) is 8.64. The number of hydrogen-bond donors (Lipinski definition) is 2. The zero-order chi connectivity index (χ0) is 17.5. The number of rotatable bonds is 6. The molecule has 128 valence electrons. The highest BCUT2D eigenvalue weighted by molar-refractivity contribution is 7.84. The van der Waals surface area contributed by atoms with Gasteiger partial charge in [0.05, 0.1) is 6.04 Å². The quantitative estimate of drug-likeness (QED) is 0.843. The number of nitrogens with one attached hydrogen (secondary N) is 2. The molecule has 0 saturated carbocycles. The van der Waals surface area contributed by atoms with Crippen LogP contribution in [0.2, 0.25) is 0 Å². The van der Waals surface area contributed by atoms with Gasteiger partial charge in [-0.1, -0.05) is 54.6 Å². The Morgan fingerprint density at radius 1 is 0.958 bits per heavy atom. The van der Waals surface area contributed by atoms with Crippen LogP contribution in [0.3, 0.4) is 0 Å². The molecule has 0 aliphatic carbocycles. The van der Waals surface area contributed by atoms with E-state index in [1.54, 1.807) is 6.26 Å². The largest absolute Gasteiger partial charge is 0.335 e. The minimum atomic E-state index is -0.924. The van der Waals surface area contributed by atoms with Crippen LogP contribution in [-0.2, 0) is 10.8 Å². The first-order chi connectivity index (χ1) is 11.5. The Labute approximate surface area is 146 Å². The van der Waals surface area contributed by atoms with E-state index in [1.165, 1.54) is 5.56 Å². The van der Waals surface area contributed by atoms with Gasteiger partial charge in [0, 0.05) is 28.9 Å². The average Bonchev–Trinajstić information content (AvgIpc) is 2.54. The second-order valence-electron chi connectivity index (χ2n) is 5.97. The van der Waals surface area contributed by atoms with Crippen LogP contribution in [0.1, 0.15) is 25.5 Å². The van der Waals surface area contributed by atoms with Crippen molar-refractivity contribution < 1.29 is 9.00 Å². The van der Waals surface area contributed by atoms with Crippen LogP contribution in [0.25, 0.3) is 11.1 Å². The molecule has 3 unspecified atom stereocenters. The molecule has 0 aliphatic heterocycles. The van der Waals surface area contributed by atoms with Gasteiger partial charge in [-0.3, -0.25) is 4.21 Å². The smallest absolute Gasteiger partial charge is 0.315 e. The van der Waals surface area contributed by atoms with Gasteiger partial charge in [0.25, 0.3) is 0 Å². The Balaban J connectivity index is 1.94. The molecule has 0 heterocycles. The van der Waals surface area contributed by atoms with Crippen molar-refractivity contribution in [2.75, 3.05) is 12.0 Å². The third kappa shape index (κ3) is 5.49. The van der Waals surface area contributed by atoms with E-state index in [4.69, 9.17) is 0 Å². The number of urea groups is 1. The second-order valence-corrected chi connectivity index (χ2v) is 7.45. The number of hydrogen-bond acceptors (Lipinski definition) is 2. The van der Waals surface area contributed by atoms with E-state index in [1.807, 2.05) is 44.2 Å². The maximum Gasteiger partial charge on any atom is 0.315 e. The molecule has 24 heavy (non-hydrogen) atoms. The fourth-order valence-corrected chi connectivity index (χ4v) is 3.32. The maximum absolute atomic E-state index is 12.0. The highest BCUT2D eigenvalue weighted by atomic mass is 32.2. The molecule has 0 radical (unpaired) electrons. The van der Waals surface area contributed by atoms with E-state index in [2.05, 4.69) is 34.9 Å². The van der Waals surface area contributed by atoms with Gasteiger partial charge < -0.3 is 10.6 Å². The van der Waals surface area contributed by atoms with Gasteiger partial charge in [-0.15, -0.1) is 0 Å². The number of carbonyl (C=O) groups is 1. The standard InChI is InChI=1S/C19H24N2O2S/c1-14(13-24(3)23)20-19(22)21-15(2)16-9-11-18(12-10-16)17-7-5-4-6-8-17/h4-12,14-15H,13H2,1-3H3,(H2,20,21,22). The molecule has 2 amide bonds. The third-order valence-corrected chi connectivity index (χ3v) is 4.70. The van der Waals surface area contributed by atoms with E-state index in [0.717, 1.165) is 11.1 Å². The first kappa shape index (κ1) is 18.2. The highest BCUT2D eigenvalue weighted by Crippen LogP contribution is 2.21. The molecule has 0 fully saturated rings. The number of amides is 2. The van der Waals surface area contributed by atoms with E-state index < -0.39 is 10.8 Å². The van der Waals surface area contributed by atoms with Crippen molar-refractivity contribution in [1.82, 2.24) is 10.6 Å². The van der Waals surface area contributed by atoms with Crippen molar-refractivity contribution in [3.8, 4) is 11.1 Å². The summed E-state index contributed by atoms with van der Waals surface area (Å²) in [7, 11) is -0.924. The Kier molecular flexibility index (Phi) is 6.55. The van der Waals surface area contributed by atoms with Crippen molar-refractivity contribution in [3.05, 3.63) is 60.2 Å². The summed E-state index contributed by atoms with van der Waals surface area (Å²) >= 11 is 0. The molecular formula is C19H24N2O2S. The zero-order valence-corrected chi connectivity index (χ0v) is 15.1. The molecule has 2 aromatic carbocycles. The highest BCUT2D eigenvalue weighted by Gasteiger charge is 2.12. The molecule has 2 aromatic rings. The van der Waals surface area contributed by atoms with Crippen LogP contribution in [0.15, 0.2) is 54.6 Å². The molecule has 0 aromatic heterocycles. The molecule has 2 N–H and O–H groups in total. The Morgan fingerprint density at radius 3 is 2.12 bits per heavy atom. The number of carbonyl (C=O) groups excluding carboxylic acids is 1. The molecule has 0 spiro atoms. The summed E-state index contributed by atoms with van der Waals surface area (Å²) in [5.41, 5.74) is 3.36. The van der Waals surface area contributed by atoms with Crippen molar-refractivity contribution in [1.29, 1.82) is 0 Å².